The number of sulfonamides is 1. The number of benzene rings is 1. The molecule has 3 rings (SSSR count). The molecule has 0 bridgehead atoms. The van der Waals surface area contributed by atoms with Gasteiger partial charge in [0.2, 0.25) is 0 Å². The second-order valence-corrected chi connectivity index (χ2v) is 11.9. The number of esters is 2. The van der Waals surface area contributed by atoms with E-state index in [1.54, 1.807) is 45.9 Å². The molecule has 0 spiro atoms. The van der Waals surface area contributed by atoms with E-state index in [-0.39, 0.29) is 47.4 Å². The summed E-state index contributed by atoms with van der Waals surface area (Å²) in [4.78, 5) is 35.5. The Morgan fingerprint density at radius 3 is 2.51 bits per heavy atom. The zero-order valence-electron chi connectivity index (χ0n) is 23.1. The predicted octanol–water partition coefficient (Wildman–Crippen LogP) is 2.66. The molecule has 1 aromatic carbocycles. The van der Waals surface area contributed by atoms with Gasteiger partial charge in [0.25, 0.3) is 15.9 Å². The molecule has 0 N–H and O–H groups in total. The third kappa shape index (κ3) is 7.71. The Labute approximate surface area is 228 Å². The molecule has 1 atom stereocenters. The number of fused-ring (bicyclic) bond motifs is 1. The fourth-order valence-corrected chi connectivity index (χ4v) is 5.46. The van der Waals surface area contributed by atoms with Crippen LogP contribution in [0.5, 0.6) is 11.6 Å². The number of ether oxygens (including phenoxy) is 4. The minimum Gasteiger partial charge on any atom is -0.486 e. The molecule has 1 aliphatic heterocycles. The Morgan fingerprint density at radius 1 is 1.18 bits per heavy atom. The van der Waals surface area contributed by atoms with E-state index in [0.29, 0.717) is 18.5 Å². The molecule has 2 aromatic rings. The standard InChI is InChI=1S/C26H35N3O9S/c1-7-28-15-22(25(27-28)36-16-24(32)35-6)39(33,34)29-14-19(10-8-17(2)30)37-21-11-9-18(12-20(21)29)13-23(31)38-26(3,4)5/h9,11-12,15,19H,7-8,10,13-14,16H2,1-6H3/t19-/m0/s1. The Balaban J connectivity index is 2.03. The van der Waals surface area contributed by atoms with Crippen molar-refractivity contribution in [2.24, 2.45) is 0 Å². The van der Waals surface area contributed by atoms with Crippen LogP contribution in [-0.4, -0.2) is 67.9 Å². The van der Waals surface area contributed by atoms with Crippen molar-refractivity contribution in [2.45, 2.75) is 77.0 Å². The Morgan fingerprint density at radius 2 is 1.90 bits per heavy atom. The highest BCUT2D eigenvalue weighted by Gasteiger charge is 2.38. The highest BCUT2D eigenvalue weighted by Crippen LogP contribution is 2.40. The topological polar surface area (TPSA) is 143 Å². The summed E-state index contributed by atoms with van der Waals surface area (Å²) in [6, 6.07) is 4.83. The molecule has 0 saturated carbocycles. The van der Waals surface area contributed by atoms with Gasteiger partial charge in [-0.05, 0) is 58.7 Å². The van der Waals surface area contributed by atoms with E-state index in [9.17, 15) is 22.8 Å². The van der Waals surface area contributed by atoms with Gasteiger partial charge in [0.1, 0.15) is 23.2 Å². The van der Waals surface area contributed by atoms with Crippen LogP contribution in [-0.2, 0) is 46.8 Å². The molecule has 2 heterocycles. The Bertz CT molecular complexity index is 1330. The quantitative estimate of drug-likeness (QED) is 0.373. The van der Waals surface area contributed by atoms with E-state index in [2.05, 4.69) is 9.84 Å². The third-order valence-electron chi connectivity index (χ3n) is 5.68. The largest absolute Gasteiger partial charge is 0.486 e. The summed E-state index contributed by atoms with van der Waals surface area (Å²) in [6.45, 7) is 8.25. The second-order valence-electron chi connectivity index (χ2n) is 10.1. The van der Waals surface area contributed by atoms with Crippen LogP contribution in [0.25, 0.3) is 0 Å². The highest BCUT2D eigenvalue weighted by atomic mass is 32.2. The number of hydrogen-bond acceptors (Lipinski definition) is 10. The zero-order valence-corrected chi connectivity index (χ0v) is 23.9. The second kappa shape index (κ2) is 12.1. The van der Waals surface area contributed by atoms with E-state index in [4.69, 9.17) is 14.2 Å². The zero-order chi connectivity index (χ0) is 29.0. The summed E-state index contributed by atoms with van der Waals surface area (Å²) in [7, 11) is -3.11. The van der Waals surface area contributed by atoms with Crippen LogP contribution < -0.4 is 13.8 Å². The smallest absolute Gasteiger partial charge is 0.343 e. The van der Waals surface area contributed by atoms with Gasteiger partial charge in [-0.1, -0.05) is 6.07 Å². The SMILES string of the molecule is CCn1cc(S(=O)(=O)N2C[C@H](CCC(C)=O)Oc3ccc(CC(=O)OC(C)(C)C)cc32)c(OCC(=O)OC)n1. The van der Waals surface area contributed by atoms with Gasteiger partial charge in [-0.3, -0.25) is 13.8 Å². The van der Waals surface area contributed by atoms with Crippen molar-refractivity contribution >= 4 is 33.4 Å². The van der Waals surface area contributed by atoms with Crippen molar-refractivity contribution in [2.75, 3.05) is 24.6 Å². The molecule has 0 aliphatic carbocycles. The minimum absolute atomic E-state index is 0.0470. The number of hydrogen-bond donors (Lipinski definition) is 0. The summed E-state index contributed by atoms with van der Waals surface area (Å²) in [5.74, 6) is -1.17. The van der Waals surface area contributed by atoms with Gasteiger partial charge in [0.05, 0.1) is 25.8 Å². The van der Waals surface area contributed by atoms with Gasteiger partial charge in [0.15, 0.2) is 11.5 Å². The van der Waals surface area contributed by atoms with Crippen molar-refractivity contribution in [1.29, 1.82) is 0 Å². The van der Waals surface area contributed by atoms with Crippen molar-refractivity contribution in [3.05, 3.63) is 30.0 Å². The normalized spacial score (nSPS) is 15.2. The molecule has 0 saturated heterocycles. The lowest BCUT2D eigenvalue weighted by Crippen LogP contribution is -2.43. The summed E-state index contributed by atoms with van der Waals surface area (Å²) >= 11 is 0. The fourth-order valence-electron chi connectivity index (χ4n) is 3.88. The third-order valence-corrected chi connectivity index (χ3v) is 7.45. The van der Waals surface area contributed by atoms with E-state index < -0.39 is 40.3 Å². The average Bonchev–Trinajstić information content (AvgIpc) is 3.28. The maximum atomic E-state index is 14.1. The number of nitrogens with zero attached hydrogens (tertiary/aromatic N) is 3. The molecule has 13 heteroatoms. The van der Waals surface area contributed by atoms with E-state index >= 15 is 0 Å². The molecule has 0 unspecified atom stereocenters. The van der Waals surface area contributed by atoms with Crippen molar-refractivity contribution in [3.63, 3.8) is 0 Å². The Kier molecular flexibility index (Phi) is 9.26. The average molecular weight is 566 g/mol. The summed E-state index contributed by atoms with van der Waals surface area (Å²) in [6.07, 6.45) is 1.17. The Hall–Kier alpha value is -3.61. The number of Topliss-reactive ketones (excluding diaryl/α,β-unsaturated/α-hetero) is 1. The lowest BCUT2D eigenvalue weighted by molar-refractivity contribution is -0.154. The minimum atomic E-state index is -4.30. The van der Waals surface area contributed by atoms with Crippen LogP contribution in [0.2, 0.25) is 0 Å². The van der Waals surface area contributed by atoms with Crippen LogP contribution in [0.1, 0.15) is 53.0 Å². The van der Waals surface area contributed by atoms with Crippen LogP contribution in [0.15, 0.2) is 29.3 Å². The van der Waals surface area contributed by atoms with Crippen LogP contribution in [0.3, 0.4) is 0 Å². The van der Waals surface area contributed by atoms with Gasteiger partial charge in [-0.15, -0.1) is 5.10 Å². The number of carbonyl (C=O) groups is 3. The number of rotatable bonds is 11. The van der Waals surface area contributed by atoms with Gasteiger partial charge in [-0.2, -0.15) is 0 Å². The van der Waals surface area contributed by atoms with Crippen molar-refractivity contribution in [1.82, 2.24) is 9.78 Å². The molecule has 39 heavy (non-hydrogen) atoms. The first-order valence-electron chi connectivity index (χ1n) is 12.5. The number of carbonyl (C=O) groups excluding carboxylic acids is 3. The molecule has 1 aromatic heterocycles. The summed E-state index contributed by atoms with van der Waals surface area (Å²) < 4.78 is 52.2. The number of ketones is 1. The van der Waals surface area contributed by atoms with Crippen LogP contribution in [0, 0.1) is 0 Å². The van der Waals surface area contributed by atoms with Crippen molar-refractivity contribution < 1.29 is 41.7 Å². The molecule has 0 fully saturated rings. The maximum absolute atomic E-state index is 14.1. The molecule has 214 valence electrons. The number of methoxy groups -OCH3 is 1. The lowest BCUT2D eigenvalue weighted by Gasteiger charge is -2.35. The molecule has 0 radical (unpaired) electrons. The first-order valence-corrected chi connectivity index (χ1v) is 14.0. The molecule has 0 amide bonds. The van der Waals surface area contributed by atoms with Crippen LogP contribution in [0.4, 0.5) is 5.69 Å². The first-order chi connectivity index (χ1) is 18.2. The molecular weight excluding hydrogens is 530 g/mol. The van der Waals surface area contributed by atoms with Gasteiger partial charge in [-0.25, -0.2) is 13.2 Å². The number of aromatic nitrogens is 2. The predicted molar refractivity (Wildman–Crippen MR) is 140 cm³/mol. The fraction of sp³-hybridized carbons (Fsp3) is 0.538. The van der Waals surface area contributed by atoms with E-state index in [1.165, 1.54) is 24.9 Å². The van der Waals surface area contributed by atoms with Gasteiger partial charge < -0.3 is 23.7 Å². The van der Waals surface area contributed by atoms with Gasteiger partial charge in [0, 0.05) is 19.2 Å². The van der Waals surface area contributed by atoms with Crippen molar-refractivity contribution in [3.8, 4) is 11.6 Å². The van der Waals surface area contributed by atoms with Crippen LogP contribution >= 0.6 is 0 Å². The van der Waals surface area contributed by atoms with E-state index in [1.807, 2.05) is 0 Å². The number of anilines is 1. The lowest BCUT2D eigenvalue weighted by atomic mass is 10.1. The van der Waals surface area contributed by atoms with E-state index in [0.717, 1.165) is 4.31 Å². The molecule has 1 aliphatic rings. The number of aryl methyl sites for hydroxylation is 1. The molecular formula is C26H35N3O9S. The summed E-state index contributed by atoms with van der Waals surface area (Å²) in [5, 5.41) is 4.17. The highest BCUT2D eigenvalue weighted by molar-refractivity contribution is 7.93. The maximum Gasteiger partial charge on any atom is 0.343 e. The molecule has 12 nitrogen and oxygen atoms in total. The monoisotopic (exact) mass is 565 g/mol. The summed E-state index contributed by atoms with van der Waals surface area (Å²) in [5.41, 5.74) is 0.0759. The first kappa shape index (κ1) is 29.9. The van der Waals surface area contributed by atoms with Gasteiger partial charge >= 0.3 is 11.9 Å².